The van der Waals surface area contributed by atoms with Crippen LogP contribution in [0.4, 0.5) is 4.79 Å². The molecule has 1 aliphatic heterocycles. The highest BCUT2D eigenvalue weighted by atomic mass is 16.6. The maximum absolute atomic E-state index is 12.8. The summed E-state index contributed by atoms with van der Waals surface area (Å²) in [7, 11) is 2.11. The number of rotatable bonds is 2. The summed E-state index contributed by atoms with van der Waals surface area (Å²) in [4.78, 5) is 21.4. The zero-order chi connectivity index (χ0) is 24.2. The van der Waals surface area contributed by atoms with Gasteiger partial charge in [0.1, 0.15) is 6.10 Å². The summed E-state index contributed by atoms with van der Waals surface area (Å²) in [5, 5.41) is 0. The second-order valence-electron chi connectivity index (χ2n) is 12.3. The number of carbonyl (C=O) groups excluding carboxylic acids is 1. The second-order valence-corrected chi connectivity index (χ2v) is 12.3. The average Bonchev–Trinajstić information content (AvgIpc) is 3.22. The molecule has 5 heteroatoms. The number of amides is 1. The molecule has 2 heterocycles. The van der Waals surface area contributed by atoms with Gasteiger partial charge in [-0.1, -0.05) is 37.6 Å². The average molecular weight is 476 g/mol. The summed E-state index contributed by atoms with van der Waals surface area (Å²) in [6.07, 6.45) is 17.0. The first-order chi connectivity index (χ1) is 16.9. The highest BCUT2D eigenvalue weighted by molar-refractivity contribution is 5.72. The van der Waals surface area contributed by atoms with Crippen LogP contribution in [0.5, 0.6) is 0 Å². The van der Waals surface area contributed by atoms with Gasteiger partial charge in [-0.05, 0) is 91.4 Å². The van der Waals surface area contributed by atoms with Gasteiger partial charge >= 0.3 is 6.09 Å². The highest BCUT2D eigenvalue weighted by Crippen LogP contribution is 2.66. The van der Waals surface area contributed by atoms with Crippen molar-refractivity contribution in [3.63, 3.8) is 0 Å². The summed E-state index contributed by atoms with van der Waals surface area (Å²) in [6.45, 7) is 8.48. The van der Waals surface area contributed by atoms with Gasteiger partial charge in [-0.2, -0.15) is 0 Å². The Kier molecular flexibility index (Phi) is 5.82. The normalized spacial score (nSPS) is 39.1. The molecule has 6 unspecified atom stereocenters. The van der Waals surface area contributed by atoms with Crippen LogP contribution >= 0.6 is 0 Å². The number of allylic oxidation sites excluding steroid dienone is 3. The summed E-state index contributed by atoms with van der Waals surface area (Å²) in [5.41, 5.74) is 4.95. The minimum atomic E-state index is -0.102. The Balaban J connectivity index is 1.15. The number of fused-ring (bicyclic) bond motifs is 5. The minimum Gasteiger partial charge on any atom is -0.446 e. The maximum Gasteiger partial charge on any atom is 0.410 e. The first kappa shape index (κ1) is 23.3. The number of carbonyl (C=O) groups is 1. The molecule has 1 aromatic heterocycles. The fourth-order valence-electron chi connectivity index (χ4n) is 8.47. The van der Waals surface area contributed by atoms with Gasteiger partial charge in [0.05, 0.1) is 0 Å². The molecule has 6 rings (SSSR count). The van der Waals surface area contributed by atoms with Crippen molar-refractivity contribution in [1.82, 2.24) is 14.8 Å². The lowest BCUT2D eigenvalue weighted by Crippen LogP contribution is -2.51. The van der Waals surface area contributed by atoms with Gasteiger partial charge < -0.3 is 14.5 Å². The lowest BCUT2D eigenvalue weighted by atomic mass is 9.47. The van der Waals surface area contributed by atoms with E-state index in [9.17, 15) is 4.79 Å². The molecule has 2 saturated carbocycles. The molecule has 6 atom stereocenters. The zero-order valence-electron chi connectivity index (χ0n) is 21.7. The van der Waals surface area contributed by atoms with Crippen molar-refractivity contribution < 1.29 is 9.53 Å². The Morgan fingerprint density at radius 3 is 2.60 bits per heavy atom. The van der Waals surface area contributed by atoms with Crippen LogP contribution < -0.4 is 0 Å². The molecule has 0 bridgehead atoms. The summed E-state index contributed by atoms with van der Waals surface area (Å²) < 4.78 is 6.06. The van der Waals surface area contributed by atoms with E-state index in [4.69, 9.17) is 4.74 Å². The summed E-state index contributed by atoms with van der Waals surface area (Å²) in [5.74, 6) is 2.22. The van der Waals surface area contributed by atoms with E-state index < -0.39 is 0 Å². The van der Waals surface area contributed by atoms with Crippen LogP contribution in [0, 0.1) is 28.6 Å². The molecule has 0 spiro atoms. The fourth-order valence-corrected chi connectivity index (χ4v) is 8.47. The Morgan fingerprint density at radius 1 is 1.03 bits per heavy atom. The summed E-state index contributed by atoms with van der Waals surface area (Å²) in [6, 6.07) is 4.31. The molecule has 5 aliphatic rings. The van der Waals surface area contributed by atoms with E-state index in [-0.39, 0.29) is 23.0 Å². The number of aromatic nitrogens is 1. The predicted octanol–water partition coefficient (Wildman–Crippen LogP) is 5.79. The van der Waals surface area contributed by atoms with Crippen molar-refractivity contribution in [1.29, 1.82) is 0 Å². The number of nitrogens with zero attached hydrogens (tertiary/aromatic N) is 3. The van der Waals surface area contributed by atoms with Crippen LogP contribution in [0.15, 0.2) is 42.3 Å². The van der Waals surface area contributed by atoms with Crippen LogP contribution in [0.3, 0.4) is 0 Å². The minimum absolute atomic E-state index is 0.0391. The van der Waals surface area contributed by atoms with Crippen LogP contribution in [0.2, 0.25) is 0 Å². The number of ether oxygens (including phenoxy) is 1. The monoisotopic (exact) mass is 475 g/mol. The second kappa shape index (κ2) is 8.76. The smallest absolute Gasteiger partial charge is 0.410 e. The number of likely N-dealkylation sites (N-methyl/N-ethyl adjacent to an activating group) is 1. The van der Waals surface area contributed by atoms with Crippen LogP contribution in [-0.4, -0.2) is 60.2 Å². The molecule has 0 N–H and O–H groups in total. The molecule has 0 radical (unpaired) electrons. The third kappa shape index (κ3) is 3.85. The number of hydrogen-bond acceptors (Lipinski definition) is 4. The predicted molar refractivity (Wildman–Crippen MR) is 139 cm³/mol. The third-order valence-corrected chi connectivity index (χ3v) is 10.6. The fraction of sp³-hybridized carbons (Fsp3) is 0.667. The lowest BCUT2D eigenvalue weighted by molar-refractivity contribution is -0.0304. The van der Waals surface area contributed by atoms with Gasteiger partial charge in [-0.3, -0.25) is 4.98 Å². The number of piperazine rings is 1. The Bertz CT molecular complexity index is 1030. The molecule has 0 aromatic carbocycles. The first-order valence-corrected chi connectivity index (χ1v) is 13.8. The quantitative estimate of drug-likeness (QED) is 0.508. The highest BCUT2D eigenvalue weighted by Gasteiger charge is 2.57. The van der Waals surface area contributed by atoms with Crippen molar-refractivity contribution in [3.05, 3.63) is 47.8 Å². The largest absolute Gasteiger partial charge is 0.446 e. The van der Waals surface area contributed by atoms with E-state index >= 15 is 0 Å². The van der Waals surface area contributed by atoms with Crippen molar-refractivity contribution in [2.24, 2.45) is 28.6 Å². The molecule has 35 heavy (non-hydrogen) atoms. The molecule has 1 aromatic rings. The molecule has 188 valence electrons. The molecule has 1 saturated heterocycles. The van der Waals surface area contributed by atoms with E-state index in [1.807, 2.05) is 11.1 Å². The van der Waals surface area contributed by atoms with Gasteiger partial charge in [0.15, 0.2) is 0 Å². The number of pyridine rings is 1. The molecule has 1 amide bonds. The van der Waals surface area contributed by atoms with E-state index in [1.54, 1.807) is 5.57 Å². The van der Waals surface area contributed by atoms with Gasteiger partial charge in [-0.15, -0.1) is 0 Å². The van der Waals surface area contributed by atoms with Crippen molar-refractivity contribution in [2.75, 3.05) is 33.2 Å². The Morgan fingerprint density at radius 2 is 1.83 bits per heavy atom. The zero-order valence-corrected chi connectivity index (χ0v) is 21.7. The van der Waals surface area contributed by atoms with Gasteiger partial charge in [0.2, 0.25) is 0 Å². The van der Waals surface area contributed by atoms with E-state index in [1.165, 1.54) is 36.8 Å². The van der Waals surface area contributed by atoms with E-state index in [2.05, 4.69) is 61.3 Å². The number of hydrogen-bond donors (Lipinski definition) is 0. The molecular formula is C30H41N3O2. The van der Waals surface area contributed by atoms with Crippen molar-refractivity contribution in [3.8, 4) is 0 Å². The molecular weight excluding hydrogens is 434 g/mol. The van der Waals surface area contributed by atoms with Gasteiger partial charge in [-0.25, -0.2) is 4.79 Å². The van der Waals surface area contributed by atoms with Crippen molar-refractivity contribution >= 4 is 11.7 Å². The van der Waals surface area contributed by atoms with E-state index in [0.29, 0.717) is 0 Å². The van der Waals surface area contributed by atoms with E-state index in [0.717, 1.165) is 63.2 Å². The first-order valence-electron chi connectivity index (χ1n) is 13.8. The molecule has 5 nitrogen and oxygen atoms in total. The van der Waals surface area contributed by atoms with Crippen LogP contribution in [0.25, 0.3) is 5.57 Å². The van der Waals surface area contributed by atoms with Crippen LogP contribution in [0.1, 0.15) is 64.4 Å². The SMILES string of the molecule is CN1CCN(C(=O)OC2CCC3(C)C(=CCC4C3CCC3(C)C(c5cccnc5)=CCC43)C2)CC1. The Hall–Kier alpha value is -2.14. The summed E-state index contributed by atoms with van der Waals surface area (Å²) >= 11 is 0. The standard InChI is InChI=1S/C30H41N3O2/c1-29-12-10-23(35-28(34)33-17-15-32(3)16-18-33)19-22(29)6-7-24-26-9-8-25(21-5-4-14-31-20-21)30(26,2)13-11-27(24)29/h4-6,8,14,20,23-24,26-27H,7,9-13,15-19H2,1-3H3. The van der Waals surface area contributed by atoms with Gasteiger partial charge in [0.25, 0.3) is 0 Å². The van der Waals surface area contributed by atoms with Crippen molar-refractivity contribution in [2.45, 2.75) is 64.9 Å². The third-order valence-electron chi connectivity index (χ3n) is 10.6. The van der Waals surface area contributed by atoms with Gasteiger partial charge in [0, 0.05) is 45.0 Å². The van der Waals surface area contributed by atoms with Crippen LogP contribution in [-0.2, 0) is 4.74 Å². The molecule has 3 fully saturated rings. The lowest BCUT2D eigenvalue weighted by Gasteiger charge is -2.58. The Labute approximate surface area is 210 Å². The maximum atomic E-state index is 12.8. The topological polar surface area (TPSA) is 45.7 Å². The molecule has 4 aliphatic carbocycles.